The lowest BCUT2D eigenvalue weighted by Gasteiger charge is -2.19. The molecule has 0 radical (unpaired) electrons. The molecule has 1 fully saturated rings. The van der Waals surface area contributed by atoms with Crippen LogP contribution in [0.25, 0.3) is 0 Å². The average molecular weight is 260 g/mol. The van der Waals surface area contributed by atoms with Crippen molar-refractivity contribution in [2.24, 2.45) is 5.92 Å². The van der Waals surface area contributed by atoms with Crippen LogP contribution in [0.2, 0.25) is 0 Å². The topological polar surface area (TPSA) is 116 Å². The number of aliphatic hydroxyl groups excluding tert-OH is 3. The highest BCUT2D eigenvalue weighted by Crippen LogP contribution is 2.36. The fraction of sp³-hybridized carbons (Fsp3) is 0.600. The summed E-state index contributed by atoms with van der Waals surface area (Å²) in [6, 6.07) is -0.319. The van der Waals surface area contributed by atoms with Crippen molar-refractivity contribution in [3.05, 3.63) is 33.1 Å². The van der Waals surface area contributed by atoms with E-state index in [0.29, 0.717) is 0 Å². The zero-order chi connectivity index (χ0) is 13.4. The van der Waals surface area contributed by atoms with Crippen LogP contribution in [0, 0.1) is 5.92 Å². The molecule has 5 atom stereocenters. The van der Waals surface area contributed by atoms with Gasteiger partial charge in [0.15, 0.2) is 0 Å². The van der Waals surface area contributed by atoms with Crippen molar-refractivity contribution in [2.75, 3.05) is 6.61 Å². The minimum Gasteiger partial charge on any atom is -0.396 e. The molecule has 0 bridgehead atoms. The molecule has 1 aliphatic carbocycles. The molecule has 0 unspecified atom stereocenters. The third-order valence-corrected chi connectivity index (χ3v) is 3.26. The van der Waals surface area contributed by atoms with Crippen LogP contribution in [0.3, 0.4) is 0 Å². The van der Waals surface area contributed by atoms with Crippen LogP contribution < -0.4 is 11.2 Å². The molecule has 1 aromatic rings. The summed E-state index contributed by atoms with van der Waals surface area (Å²) in [6.45, 7) is -0.645. The summed E-state index contributed by atoms with van der Waals surface area (Å²) in [4.78, 5) is 24.3. The van der Waals surface area contributed by atoms with Gasteiger partial charge >= 0.3 is 5.69 Å². The zero-order valence-corrected chi connectivity index (χ0v) is 9.23. The molecule has 1 aliphatic rings. The summed E-state index contributed by atoms with van der Waals surface area (Å²) in [5.74, 6) is -1.16. The number of aromatic amines is 1. The van der Waals surface area contributed by atoms with Gasteiger partial charge < -0.3 is 15.3 Å². The van der Waals surface area contributed by atoms with E-state index in [-0.39, 0.29) is 0 Å². The van der Waals surface area contributed by atoms with Gasteiger partial charge in [0, 0.05) is 18.2 Å². The van der Waals surface area contributed by atoms with Gasteiger partial charge in [-0.15, -0.1) is 0 Å². The largest absolute Gasteiger partial charge is 0.396 e. The molecule has 7 nitrogen and oxygen atoms in total. The summed E-state index contributed by atoms with van der Waals surface area (Å²) >= 11 is 0. The Bertz CT molecular complexity index is 542. The Kier molecular flexibility index (Phi) is 3.33. The Labute approximate surface area is 100 Å². The van der Waals surface area contributed by atoms with Crippen LogP contribution in [0.4, 0.5) is 4.39 Å². The Morgan fingerprint density at radius 1 is 1.33 bits per heavy atom. The third kappa shape index (κ3) is 1.88. The van der Waals surface area contributed by atoms with E-state index in [1.54, 1.807) is 0 Å². The van der Waals surface area contributed by atoms with Crippen LogP contribution in [-0.4, -0.2) is 49.9 Å². The van der Waals surface area contributed by atoms with Crippen molar-refractivity contribution < 1.29 is 19.7 Å². The highest BCUT2D eigenvalue weighted by molar-refractivity contribution is 5.03. The van der Waals surface area contributed by atoms with Gasteiger partial charge in [0.05, 0.1) is 18.8 Å². The van der Waals surface area contributed by atoms with Gasteiger partial charge in [-0.05, 0) is 0 Å². The van der Waals surface area contributed by atoms with Gasteiger partial charge in [0.25, 0.3) is 5.56 Å². The summed E-state index contributed by atoms with van der Waals surface area (Å²) < 4.78 is 14.8. The van der Waals surface area contributed by atoms with E-state index in [4.69, 9.17) is 5.11 Å². The van der Waals surface area contributed by atoms with Crippen molar-refractivity contribution in [1.82, 2.24) is 9.55 Å². The maximum absolute atomic E-state index is 14.0. The average Bonchev–Trinajstić information content (AvgIpc) is 2.52. The van der Waals surface area contributed by atoms with E-state index in [0.717, 1.165) is 16.8 Å². The molecule has 0 amide bonds. The highest BCUT2D eigenvalue weighted by Gasteiger charge is 2.50. The Hall–Kier alpha value is -1.51. The molecular weight excluding hydrogens is 247 g/mol. The first kappa shape index (κ1) is 12.9. The normalized spacial score (nSPS) is 35.9. The molecule has 4 N–H and O–H groups in total. The number of aromatic nitrogens is 2. The number of aliphatic hydroxyl groups is 3. The van der Waals surface area contributed by atoms with E-state index in [1.165, 1.54) is 0 Å². The number of nitrogens with zero attached hydrogens (tertiary/aromatic N) is 1. The quantitative estimate of drug-likeness (QED) is 0.480. The first-order chi connectivity index (χ1) is 8.47. The minimum absolute atomic E-state index is 0.640. The van der Waals surface area contributed by atoms with Crippen molar-refractivity contribution >= 4 is 0 Å². The maximum Gasteiger partial charge on any atom is 0.328 e. The first-order valence-corrected chi connectivity index (χ1v) is 5.40. The predicted octanol–water partition coefficient (Wildman–Crippen LogP) is -2.24. The van der Waals surface area contributed by atoms with E-state index in [2.05, 4.69) is 0 Å². The fourth-order valence-electron chi connectivity index (χ4n) is 2.27. The smallest absolute Gasteiger partial charge is 0.328 e. The van der Waals surface area contributed by atoms with Crippen LogP contribution >= 0.6 is 0 Å². The molecule has 18 heavy (non-hydrogen) atoms. The molecule has 0 spiro atoms. The van der Waals surface area contributed by atoms with E-state index < -0.39 is 48.2 Å². The maximum atomic E-state index is 14.0. The zero-order valence-electron chi connectivity index (χ0n) is 9.23. The minimum atomic E-state index is -1.79. The molecule has 2 rings (SSSR count). The van der Waals surface area contributed by atoms with Gasteiger partial charge in [-0.25, -0.2) is 9.18 Å². The SMILES string of the molecule is O=c1ccn([C@H]2[C@H](O)[C@H](O)[C@@H](CO)[C@H]2F)c(=O)[nH]1. The molecule has 1 saturated carbocycles. The van der Waals surface area contributed by atoms with Gasteiger partial charge in [-0.2, -0.15) is 0 Å². The molecule has 1 heterocycles. The number of hydrogen-bond donors (Lipinski definition) is 4. The number of halogens is 1. The van der Waals surface area contributed by atoms with Crippen molar-refractivity contribution in [1.29, 1.82) is 0 Å². The Morgan fingerprint density at radius 3 is 2.50 bits per heavy atom. The second-order valence-electron chi connectivity index (χ2n) is 4.28. The number of nitrogens with one attached hydrogen (secondary N) is 1. The predicted molar refractivity (Wildman–Crippen MR) is 57.8 cm³/mol. The fourth-order valence-corrected chi connectivity index (χ4v) is 2.27. The number of hydrogen-bond acceptors (Lipinski definition) is 5. The second kappa shape index (κ2) is 4.63. The lowest BCUT2D eigenvalue weighted by atomic mass is 10.1. The molecule has 8 heteroatoms. The summed E-state index contributed by atoms with van der Waals surface area (Å²) in [5, 5.41) is 28.2. The summed E-state index contributed by atoms with van der Waals surface area (Å²) in [5.41, 5.74) is -1.52. The molecule has 1 aromatic heterocycles. The second-order valence-corrected chi connectivity index (χ2v) is 4.28. The van der Waals surface area contributed by atoms with Gasteiger partial charge in [0.1, 0.15) is 12.3 Å². The van der Waals surface area contributed by atoms with Crippen LogP contribution in [0.15, 0.2) is 21.9 Å². The molecule has 100 valence electrons. The van der Waals surface area contributed by atoms with Crippen molar-refractivity contribution in [3.63, 3.8) is 0 Å². The van der Waals surface area contributed by atoms with Crippen molar-refractivity contribution in [2.45, 2.75) is 24.4 Å². The molecule has 0 aromatic carbocycles. The molecule has 0 saturated heterocycles. The Balaban J connectivity index is 2.44. The van der Waals surface area contributed by atoms with Crippen LogP contribution in [0.1, 0.15) is 6.04 Å². The van der Waals surface area contributed by atoms with Gasteiger partial charge in [0.2, 0.25) is 0 Å². The number of H-pyrrole nitrogens is 1. The van der Waals surface area contributed by atoms with Crippen LogP contribution in [0.5, 0.6) is 0 Å². The van der Waals surface area contributed by atoms with Crippen molar-refractivity contribution in [3.8, 4) is 0 Å². The van der Waals surface area contributed by atoms with Gasteiger partial charge in [-0.1, -0.05) is 0 Å². The first-order valence-electron chi connectivity index (χ1n) is 5.40. The van der Waals surface area contributed by atoms with Gasteiger partial charge in [-0.3, -0.25) is 14.3 Å². The number of rotatable bonds is 2. The monoisotopic (exact) mass is 260 g/mol. The van der Waals surface area contributed by atoms with Crippen LogP contribution in [-0.2, 0) is 0 Å². The molecule has 0 aliphatic heterocycles. The lowest BCUT2D eigenvalue weighted by molar-refractivity contribution is -0.00561. The number of alkyl halides is 1. The van der Waals surface area contributed by atoms with E-state index in [9.17, 15) is 24.2 Å². The standard InChI is InChI=1S/C10H13FN2O5/c11-6-4(3-14)8(16)9(17)7(6)13-2-1-5(15)12-10(13)18/h1-2,4,6-9,14,16-17H,3H2,(H,12,15,18)/t4-,6+,7+,8+,9-/m0/s1. The highest BCUT2D eigenvalue weighted by atomic mass is 19.1. The Morgan fingerprint density at radius 2 is 2.00 bits per heavy atom. The summed E-state index contributed by atoms with van der Waals surface area (Å²) in [7, 11) is 0. The molecular formula is C10H13FN2O5. The van der Waals surface area contributed by atoms with E-state index >= 15 is 0 Å². The summed E-state index contributed by atoms with van der Waals surface area (Å²) in [6.07, 6.45) is -3.73. The third-order valence-electron chi connectivity index (χ3n) is 3.26. The lowest BCUT2D eigenvalue weighted by Crippen LogP contribution is -2.38. The van der Waals surface area contributed by atoms with E-state index in [1.807, 2.05) is 4.98 Å².